The van der Waals surface area contributed by atoms with E-state index in [0.29, 0.717) is 25.9 Å². The van der Waals surface area contributed by atoms with Crippen LogP contribution in [-0.2, 0) is 23.8 Å². The molecule has 7 atom stereocenters. The molecular weight excluding hydrogens is 943 g/mol. The first kappa shape index (κ1) is 70.4. The van der Waals surface area contributed by atoms with Gasteiger partial charge < -0.3 is 45.1 Å². The average molecular weight is 1060 g/mol. The fraction of sp³-hybridized carbons (Fsp3) is 0.812. The number of allylic oxidation sites excluding steroid dienone is 9. The molecule has 1 amide bonds. The number of esters is 1. The minimum atomic E-state index is -1.58. The van der Waals surface area contributed by atoms with Crippen molar-refractivity contribution in [1.82, 2.24) is 5.32 Å². The van der Waals surface area contributed by atoms with E-state index in [1.165, 1.54) is 148 Å². The van der Waals surface area contributed by atoms with Crippen LogP contribution in [0.15, 0.2) is 60.8 Å². The normalized spacial score (nSPS) is 19.2. The van der Waals surface area contributed by atoms with Crippen LogP contribution in [0.4, 0.5) is 0 Å². The van der Waals surface area contributed by atoms with Crippen molar-refractivity contribution < 1.29 is 49.3 Å². The van der Waals surface area contributed by atoms with E-state index in [1.807, 2.05) is 19.1 Å². The van der Waals surface area contributed by atoms with E-state index in [0.717, 1.165) is 89.9 Å². The van der Waals surface area contributed by atoms with Gasteiger partial charge in [0.1, 0.15) is 24.4 Å². The topological polar surface area (TPSA) is 175 Å². The summed E-state index contributed by atoms with van der Waals surface area (Å²) in [6.45, 7) is 4.04. The Morgan fingerprint density at radius 2 is 0.960 bits per heavy atom. The number of hydrogen-bond acceptors (Lipinski definition) is 10. The molecule has 1 fully saturated rings. The third kappa shape index (κ3) is 43.0. The monoisotopic (exact) mass is 1060 g/mol. The Labute approximate surface area is 458 Å². The van der Waals surface area contributed by atoms with Gasteiger partial charge in [0.05, 0.1) is 32.0 Å². The van der Waals surface area contributed by atoms with Crippen LogP contribution in [0.3, 0.4) is 0 Å². The van der Waals surface area contributed by atoms with Gasteiger partial charge in [-0.15, -0.1) is 0 Å². The van der Waals surface area contributed by atoms with Gasteiger partial charge in [-0.2, -0.15) is 0 Å². The lowest BCUT2D eigenvalue weighted by Crippen LogP contribution is -2.60. The molecule has 1 saturated heterocycles. The Kier molecular flexibility index (Phi) is 50.1. The van der Waals surface area contributed by atoms with E-state index in [1.54, 1.807) is 6.08 Å². The van der Waals surface area contributed by atoms with Crippen LogP contribution in [0.1, 0.15) is 271 Å². The highest BCUT2D eigenvalue weighted by Gasteiger charge is 2.44. The van der Waals surface area contributed by atoms with Gasteiger partial charge in [0.15, 0.2) is 6.29 Å². The highest BCUT2D eigenvalue weighted by Crippen LogP contribution is 2.23. The number of aliphatic hydroxyl groups is 5. The number of rotatable bonds is 53. The number of carbonyl (C=O) groups is 2. The van der Waals surface area contributed by atoms with Gasteiger partial charge >= 0.3 is 5.97 Å². The van der Waals surface area contributed by atoms with E-state index in [4.69, 9.17) is 14.2 Å². The van der Waals surface area contributed by atoms with Crippen molar-refractivity contribution >= 4 is 11.9 Å². The Balaban J connectivity index is 2.02. The molecule has 0 spiro atoms. The average Bonchev–Trinajstić information content (AvgIpc) is 3.41. The zero-order chi connectivity index (χ0) is 54.5. The molecule has 11 heteroatoms. The van der Waals surface area contributed by atoms with Gasteiger partial charge in [0.25, 0.3) is 0 Å². The Morgan fingerprint density at radius 3 is 1.45 bits per heavy atom. The molecule has 0 saturated carbocycles. The summed E-state index contributed by atoms with van der Waals surface area (Å²) in [5, 5.41) is 54.1. The van der Waals surface area contributed by atoms with Crippen LogP contribution in [-0.4, -0.2) is 100 Å². The summed E-state index contributed by atoms with van der Waals surface area (Å²) in [6.07, 6.45) is 59.3. The largest absolute Gasteiger partial charge is 0.466 e. The van der Waals surface area contributed by atoms with Crippen molar-refractivity contribution in [1.29, 1.82) is 0 Å². The first-order valence-corrected chi connectivity index (χ1v) is 31.0. The molecule has 7 unspecified atom stereocenters. The van der Waals surface area contributed by atoms with E-state index < -0.39 is 49.5 Å². The Morgan fingerprint density at radius 1 is 0.520 bits per heavy atom. The maximum Gasteiger partial charge on any atom is 0.305 e. The van der Waals surface area contributed by atoms with Crippen molar-refractivity contribution in [2.75, 3.05) is 19.8 Å². The summed E-state index contributed by atoms with van der Waals surface area (Å²) in [5.74, 6) is -0.235. The predicted molar refractivity (Wildman–Crippen MR) is 310 cm³/mol. The highest BCUT2D eigenvalue weighted by atomic mass is 16.7. The summed E-state index contributed by atoms with van der Waals surface area (Å²) in [7, 11) is 0. The van der Waals surface area contributed by atoms with Gasteiger partial charge in [0, 0.05) is 12.8 Å². The van der Waals surface area contributed by atoms with E-state index in [9.17, 15) is 35.1 Å². The Hall–Kier alpha value is -2.64. The van der Waals surface area contributed by atoms with Crippen LogP contribution in [0.25, 0.3) is 0 Å². The summed E-state index contributed by atoms with van der Waals surface area (Å²) >= 11 is 0. The molecule has 1 aliphatic rings. The van der Waals surface area contributed by atoms with Gasteiger partial charge in [-0.05, 0) is 84.0 Å². The predicted octanol–water partition coefficient (Wildman–Crippen LogP) is 14.6. The second-order valence-corrected chi connectivity index (χ2v) is 21.4. The Bertz CT molecular complexity index is 1430. The molecule has 0 aromatic carbocycles. The molecule has 0 radical (unpaired) electrons. The lowest BCUT2D eigenvalue weighted by atomic mass is 9.99. The molecular formula is C64H115NO10. The fourth-order valence-electron chi connectivity index (χ4n) is 9.52. The summed E-state index contributed by atoms with van der Waals surface area (Å²) in [5.41, 5.74) is 0. The van der Waals surface area contributed by atoms with Crippen LogP contribution < -0.4 is 5.32 Å². The number of hydrogen-bond donors (Lipinski definition) is 6. The van der Waals surface area contributed by atoms with E-state index in [-0.39, 0.29) is 18.5 Å². The molecule has 1 aliphatic heterocycles. The highest BCUT2D eigenvalue weighted by molar-refractivity contribution is 5.76. The third-order valence-electron chi connectivity index (χ3n) is 14.5. The van der Waals surface area contributed by atoms with Gasteiger partial charge in [0.2, 0.25) is 5.91 Å². The van der Waals surface area contributed by atoms with E-state index in [2.05, 4.69) is 54.8 Å². The van der Waals surface area contributed by atoms with Crippen molar-refractivity contribution in [3.8, 4) is 0 Å². The molecule has 0 aromatic rings. The van der Waals surface area contributed by atoms with Gasteiger partial charge in [-0.3, -0.25) is 9.59 Å². The third-order valence-corrected chi connectivity index (χ3v) is 14.5. The zero-order valence-electron chi connectivity index (χ0n) is 48.0. The molecule has 6 N–H and O–H groups in total. The summed E-state index contributed by atoms with van der Waals surface area (Å²) in [6, 6.07) is -0.842. The molecule has 1 heterocycles. The quantitative estimate of drug-likeness (QED) is 0.0149. The molecule has 436 valence electrons. The van der Waals surface area contributed by atoms with Crippen LogP contribution in [0, 0.1) is 0 Å². The number of amides is 1. The van der Waals surface area contributed by atoms with Crippen molar-refractivity contribution in [3.05, 3.63) is 60.8 Å². The van der Waals surface area contributed by atoms with Gasteiger partial charge in [-0.1, -0.05) is 235 Å². The SMILES string of the molecule is C/C=C/CC/C=C/CC/C=C/C(O)C(COC1OC(CO)C(O)C(O)C1O)NC(=O)CCCCCCCCCCCC/C=C\C=C/CCCCCOC(=O)CCCCCCCCCCCCCCCCCCCCC. The first-order valence-electron chi connectivity index (χ1n) is 31.0. The van der Waals surface area contributed by atoms with Crippen molar-refractivity contribution in [3.63, 3.8) is 0 Å². The lowest BCUT2D eigenvalue weighted by molar-refractivity contribution is -0.302. The lowest BCUT2D eigenvalue weighted by Gasteiger charge is -2.40. The number of carbonyl (C=O) groups excluding carboxylic acids is 2. The summed E-state index contributed by atoms with van der Waals surface area (Å²) < 4.78 is 16.6. The molecule has 0 aromatic heterocycles. The van der Waals surface area contributed by atoms with Crippen molar-refractivity contribution in [2.45, 2.75) is 314 Å². The minimum absolute atomic E-state index is 0.0252. The molecule has 75 heavy (non-hydrogen) atoms. The molecule has 0 aliphatic carbocycles. The number of aliphatic hydroxyl groups excluding tert-OH is 5. The molecule has 1 rings (SSSR count). The van der Waals surface area contributed by atoms with Crippen LogP contribution in [0.5, 0.6) is 0 Å². The van der Waals surface area contributed by atoms with Gasteiger partial charge in [-0.25, -0.2) is 0 Å². The number of unbranched alkanes of at least 4 members (excludes halogenated alkanes) is 33. The second-order valence-electron chi connectivity index (χ2n) is 21.4. The number of nitrogens with one attached hydrogen (secondary N) is 1. The smallest absolute Gasteiger partial charge is 0.305 e. The molecule has 0 bridgehead atoms. The standard InChI is InChI=1S/C64H115NO10/c1-3-5-7-9-11-13-14-15-16-17-19-23-26-29-32-36-40-44-48-52-60(69)73-53-49-45-41-37-33-30-27-24-21-18-20-22-25-28-31-35-39-43-47-51-59(68)65-56(57(67)50-46-42-38-34-12-10-8-6-4-2)55-74-64-63(72)62(71)61(70)58(54-66)75-64/h4,6,12,24,27,30,33-34,46,50,56-58,61-64,66-67,70-72H,3,5,7-11,13-23,25-26,28-29,31-32,35-45,47-49,51-55H2,1-2H3,(H,65,68)/b6-4+,27-24-,33-30-,34-12+,50-46+. The molecule has 11 nitrogen and oxygen atoms in total. The minimum Gasteiger partial charge on any atom is -0.466 e. The van der Waals surface area contributed by atoms with E-state index >= 15 is 0 Å². The number of ether oxygens (including phenoxy) is 3. The van der Waals surface area contributed by atoms with Crippen LogP contribution >= 0.6 is 0 Å². The zero-order valence-corrected chi connectivity index (χ0v) is 48.0. The second kappa shape index (κ2) is 53.4. The first-order chi connectivity index (χ1) is 36.7. The fourth-order valence-corrected chi connectivity index (χ4v) is 9.52. The van der Waals surface area contributed by atoms with Crippen LogP contribution in [0.2, 0.25) is 0 Å². The maximum atomic E-state index is 13.0. The summed E-state index contributed by atoms with van der Waals surface area (Å²) in [4.78, 5) is 25.1. The van der Waals surface area contributed by atoms with Crippen molar-refractivity contribution in [2.24, 2.45) is 0 Å². The maximum absolute atomic E-state index is 13.0.